The van der Waals surface area contributed by atoms with E-state index >= 15 is 0 Å². The van der Waals surface area contributed by atoms with Gasteiger partial charge in [0.1, 0.15) is 11.6 Å². The maximum atomic E-state index is 12.3. The molecule has 2 fully saturated rings. The van der Waals surface area contributed by atoms with Crippen molar-refractivity contribution in [3.05, 3.63) is 0 Å². The summed E-state index contributed by atoms with van der Waals surface area (Å²) < 4.78 is 0. The zero-order valence-electron chi connectivity index (χ0n) is 10.1. The van der Waals surface area contributed by atoms with Gasteiger partial charge in [-0.2, -0.15) is 0 Å². The lowest BCUT2D eigenvalue weighted by atomic mass is 9.70. The maximum Gasteiger partial charge on any atom is 0.150 e. The highest BCUT2D eigenvalue weighted by atomic mass is 16.2. The van der Waals surface area contributed by atoms with Gasteiger partial charge in [-0.1, -0.05) is 27.7 Å². The smallest absolute Gasteiger partial charge is 0.150 e. The molecule has 2 aliphatic carbocycles. The van der Waals surface area contributed by atoms with Gasteiger partial charge in [0.05, 0.1) is 5.92 Å². The largest absolute Gasteiger partial charge is 0.299 e. The predicted molar refractivity (Wildman–Crippen MR) is 58.4 cm³/mol. The van der Waals surface area contributed by atoms with Crippen molar-refractivity contribution >= 4 is 11.6 Å². The van der Waals surface area contributed by atoms with Crippen LogP contribution in [-0.2, 0) is 9.59 Å². The van der Waals surface area contributed by atoms with Crippen LogP contribution >= 0.6 is 0 Å². The molecule has 0 radical (unpaired) electrons. The van der Waals surface area contributed by atoms with E-state index in [0.29, 0.717) is 12.3 Å². The van der Waals surface area contributed by atoms with E-state index in [0.717, 1.165) is 12.8 Å². The molecule has 0 unspecified atom stereocenters. The van der Waals surface area contributed by atoms with Crippen LogP contribution in [0.5, 0.6) is 0 Å². The molecule has 0 heterocycles. The topological polar surface area (TPSA) is 34.1 Å². The molecule has 2 bridgehead atoms. The quantitative estimate of drug-likeness (QED) is 0.654. The lowest BCUT2D eigenvalue weighted by molar-refractivity contribution is -0.137. The maximum absolute atomic E-state index is 12.3. The molecule has 2 saturated carbocycles. The first-order chi connectivity index (χ1) is 6.86. The summed E-state index contributed by atoms with van der Waals surface area (Å²) in [4.78, 5) is 24.1. The lowest BCUT2D eigenvalue weighted by Gasteiger charge is -2.32. The van der Waals surface area contributed by atoms with Gasteiger partial charge in [-0.3, -0.25) is 9.59 Å². The molecule has 0 aromatic carbocycles. The van der Waals surface area contributed by atoms with Crippen LogP contribution in [0.25, 0.3) is 0 Å². The van der Waals surface area contributed by atoms with Crippen molar-refractivity contribution in [3.8, 4) is 0 Å². The monoisotopic (exact) mass is 208 g/mol. The summed E-state index contributed by atoms with van der Waals surface area (Å²) in [5.74, 6) is 0.378. The Morgan fingerprint density at radius 2 is 2.00 bits per heavy atom. The molecule has 0 aromatic heterocycles. The van der Waals surface area contributed by atoms with Crippen LogP contribution in [0.4, 0.5) is 0 Å². The van der Waals surface area contributed by atoms with Crippen molar-refractivity contribution < 1.29 is 9.59 Å². The minimum absolute atomic E-state index is 0.0135. The van der Waals surface area contributed by atoms with Gasteiger partial charge in [0.25, 0.3) is 0 Å². The number of carbonyl (C=O) groups is 2. The SMILES string of the molecule is CCC(=O)[C@@H]1C(=O)[C@@]2(C)CC[C@H]1C2(C)C. The number of carbonyl (C=O) groups excluding carboxylic acids is 2. The van der Waals surface area contributed by atoms with Crippen molar-refractivity contribution in [2.45, 2.75) is 47.0 Å². The van der Waals surface area contributed by atoms with Gasteiger partial charge < -0.3 is 0 Å². The zero-order valence-corrected chi connectivity index (χ0v) is 10.1. The van der Waals surface area contributed by atoms with E-state index in [9.17, 15) is 9.59 Å². The van der Waals surface area contributed by atoms with Crippen LogP contribution in [0.1, 0.15) is 47.0 Å². The van der Waals surface area contributed by atoms with E-state index in [1.54, 1.807) is 0 Å². The molecular formula is C13H20O2. The Labute approximate surface area is 91.4 Å². The van der Waals surface area contributed by atoms with Crippen LogP contribution in [0, 0.1) is 22.7 Å². The second kappa shape index (κ2) is 2.93. The fourth-order valence-corrected chi connectivity index (χ4v) is 3.68. The van der Waals surface area contributed by atoms with Crippen LogP contribution in [0.15, 0.2) is 0 Å². The van der Waals surface area contributed by atoms with Gasteiger partial charge >= 0.3 is 0 Å². The lowest BCUT2D eigenvalue weighted by Crippen LogP contribution is -2.35. The van der Waals surface area contributed by atoms with Gasteiger partial charge in [-0.15, -0.1) is 0 Å². The number of rotatable bonds is 2. The normalized spacial score (nSPS) is 42.3. The van der Waals surface area contributed by atoms with Crippen LogP contribution in [0.2, 0.25) is 0 Å². The first-order valence-electron chi connectivity index (χ1n) is 5.93. The number of hydrogen-bond donors (Lipinski definition) is 0. The first kappa shape index (κ1) is 10.8. The third-order valence-corrected chi connectivity index (χ3v) is 5.23. The molecule has 0 amide bonds. The fraction of sp³-hybridized carbons (Fsp3) is 0.846. The number of Topliss-reactive ketones (excluding diaryl/α,β-unsaturated/α-hetero) is 2. The van der Waals surface area contributed by atoms with Gasteiger partial charge in [0.2, 0.25) is 0 Å². The van der Waals surface area contributed by atoms with Crippen molar-refractivity contribution in [2.24, 2.45) is 22.7 Å². The molecule has 0 N–H and O–H groups in total. The van der Waals surface area contributed by atoms with Crippen molar-refractivity contribution in [1.29, 1.82) is 0 Å². The Bertz CT molecular complexity index is 329. The van der Waals surface area contributed by atoms with E-state index in [1.165, 1.54) is 0 Å². The Morgan fingerprint density at radius 1 is 1.40 bits per heavy atom. The number of fused-ring (bicyclic) bond motifs is 2. The molecule has 84 valence electrons. The molecule has 2 rings (SSSR count). The highest BCUT2D eigenvalue weighted by Gasteiger charge is 2.67. The average Bonchev–Trinajstić information content (AvgIpc) is 2.48. The Kier molecular flexibility index (Phi) is 2.12. The predicted octanol–water partition coefficient (Wildman–Crippen LogP) is 2.61. The second-order valence-corrected chi connectivity index (χ2v) is 5.86. The molecule has 15 heavy (non-hydrogen) atoms. The Morgan fingerprint density at radius 3 is 2.40 bits per heavy atom. The molecule has 2 heteroatoms. The summed E-state index contributed by atoms with van der Waals surface area (Å²) in [6, 6.07) is 0. The molecule has 0 saturated heterocycles. The fourth-order valence-electron chi connectivity index (χ4n) is 3.68. The van der Waals surface area contributed by atoms with Crippen molar-refractivity contribution in [3.63, 3.8) is 0 Å². The molecule has 0 aromatic rings. The third kappa shape index (κ3) is 1.05. The third-order valence-electron chi connectivity index (χ3n) is 5.23. The van der Waals surface area contributed by atoms with Crippen molar-refractivity contribution in [2.75, 3.05) is 0 Å². The molecule has 3 atom stereocenters. The summed E-state index contributed by atoms with van der Waals surface area (Å²) in [7, 11) is 0. The summed E-state index contributed by atoms with van der Waals surface area (Å²) in [5.41, 5.74) is -0.229. The van der Waals surface area contributed by atoms with E-state index in [1.807, 2.05) is 6.92 Å². The number of ketones is 2. The highest BCUT2D eigenvalue weighted by Crippen LogP contribution is 2.65. The molecule has 2 aliphatic rings. The summed E-state index contributed by atoms with van der Waals surface area (Å²) >= 11 is 0. The minimum Gasteiger partial charge on any atom is -0.299 e. The van der Waals surface area contributed by atoms with Gasteiger partial charge in [0, 0.05) is 11.8 Å². The average molecular weight is 208 g/mol. The summed E-state index contributed by atoms with van der Waals surface area (Å²) in [5, 5.41) is 0. The Hall–Kier alpha value is -0.660. The van der Waals surface area contributed by atoms with Gasteiger partial charge in [-0.25, -0.2) is 0 Å². The number of hydrogen-bond acceptors (Lipinski definition) is 2. The summed E-state index contributed by atoms with van der Waals surface area (Å²) in [6.45, 7) is 8.23. The second-order valence-electron chi connectivity index (χ2n) is 5.86. The van der Waals surface area contributed by atoms with E-state index in [-0.39, 0.29) is 28.3 Å². The first-order valence-corrected chi connectivity index (χ1v) is 5.93. The molecule has 2 nitrogen and oxygen atoms in total. The van der Waals surface area contributed by atoms with Crippen LogP contribution < -0.4 is 0 Å². The van der Waals surface area contributed by atoms with Gasteiger partial charge in [-0.05, 0) is 24.2 Å². The van der Waals surface area contributed by atoms with E-state index in [2.05, 4.69) is 20.8 Å². The zero-order chi connectivity index (χ0) is 11.4. The van der Waals surface area contributed by atoms with Crippen LogP contribution in [0.3, 0.4) is 0 Å². The molecule has 0 spiro atoms. The Balaban J connectivity index is 2.42. The molecular weight excluding hydrogens is 188 g/mol. The standard InChI is InChI=1S/C13H20O2/c1-5-9(14)10-8-6-7-13(4,11(10)15)12(8,2)3/h8,10H,5-7H2,1-4H3/t8-,10-,13-/m1/s1. The van der Waals surface area contributed by atoms with Crippen LogP contribution in [-0.4, -0.2) is 11.6 Å². The van der Waals surface area contributed by atoms with E-state index < -0.39 is 0 Å². The highest BCUT2D eigenvalue weighted by molar-refractivity contribution is 6.08. The minimum atomic E-state index is -0.288. The summed E-state index contributed by atoms with van der Waals surface area (Å²) in [6.07, 6.45) is 2.52. The molecule has 0 aliphatic heterocycles. The van der Waals surface area contributed by atoms with Crippen molar-refractivity contribution in [1.82, 2.24) is 0 Å². The van der Waals surface area contributed by atoms with E-state index in [4.69, 9.17) is 0 Å². The van der Waals surface area contributed by atoms with Gasteiger partial charge in [0.15, 0.2) is 0 Å².